The minimum Gasteiger partial charge on any atom is -0.335 e. The number of carbonyl (C=O) groups excluding carboxylic acids is 1. The number of halogens is 1. The zero-order chi connectivity index (χ0) is 15.5. The third kappa shape index (κ3) is 3.16. The Morgan fingerprint density at radius 1 is 1.43 bits per heavy atom. The van der Waals surface area contributed by atoms with Crippen LogP contribution in [0, 0.1) is 5.41 Å². The van der Waals surface area contributed by atoms with Gasteiger partial charge in [-0.1, -0.05) is 41.9 Å². The summed E-state index contributed by atoms with van der Waals surface area (Å²) in [6.07, 6.45) is 3.72. The average molecular weight is 353 g/mol. The molecule has 1 saturated heterocycles. The van der Waals surface area contributed by atoms with E-state index in [1.54, 1.807) is 0 Å². The maximum atomic E-state index is 13.1. The molecule has 21 heavy (non-hydrogen) atoms. The molecule has 0 bridgehead atoms. The highest BCUT2D eigenvalue weighted by Crippen LogP contribution is 2.38. The summed E-state index contributed by atoms with van der Waals surface area (Å²) in [5, 5.41) is 0. The van der Waals surface area contributed by atoms with E-state index in [-0.39, 0.29) is 11.9 Å². The molecule has 1 aromatic carbocycles. The van der Waals surface area contributed by atoms with E-state index in [2.05, 4.69) is 46.8 Å². The molecule has 4 heteroatoms. The van der Waals surface area contributed by atoms with Crippen LogP contribution >= 0.6 is 15.9 Å². The zero-order valence-electron chi connectivity index (χ0n) is 12.9. The number of likely N-dealkylation sites (tertiary alicyclic amines) is 1. The van der Waals surface area contributed by atoms with Gasteiger partial charge in [-0.2, -0.15) is 0 Å². The largest absolute Gasteiger partial charge is 0.335 e. The van der Waals surface area contributed by atoms with Crippen LogP contribution in [0.2, 0.25) is 0 Å². The molecule has 1 unspecified atom stereocenters. The van der Waals surface area contributed by atoms with Gasteiger partial charge in [0.1, 0.15) is 0 Å². The summed E-state index contributed by atoms with van der Waals surface area (Å²) < 4.78 is 1.07. The molecule has 1 aliphatic heterocycles. The first-order chi connectivity index (χ1) is 10.1. The first kappa shape index (κ1) is 16.5. The van der Waals surface area contributed by atoms with Crippen molar-refractivity contribution >= 4 is 21.8 Å². The van der Waals surface area contributed by atoms with E-state index in [4.69, 9.17) is 5.73 Å². The summed E-state index contributed by atoms with van der Waals surface area (Å²) in [6.45, 7) is 5.41. The van der Waals surface area contributed by atoms with Crippen molar-refractivity contribution in [2.24, 2.45) is 11.1 Å². The van der Waals surface area contributed by atoms with Gasteiger partial charge >= 0.3 is 0 Å². The van der Waals surface area contributed by atoms with E-state index in [9.17, 15) is 4.79 Å². The van der Waals surface area contributed by atoms with Crippen LogP contribution in [0.5, 0.6) is 0 Å². The van der Waals surface area contributed by atoms with Gasteiger partial charge in [0, 0.05) is 17.6 Å². The summed E-state index contributed by atoms with van der Waals surface area (Å²) in [5.74, 6) is 0.234. The third-order valence-electron chi connectivity index (χ3n) is 4.95. The van der Waals surface area contributed by atoms with Crippen molar-refractivity contribution in [3.05, 3.63) is 34.3 Å². The molecule has 0 aromatic heterocycles. The molecule has 1 heterocycles. The lowest BCUT2D eigenvalue weighted by Crippen LogP contribution is -2.47. The third-order valence-corrected chi connectivity index (χ3v) is 5.44. The Balaban J connectivity index is 2.28. The first-order valence-corrected chi connectivity index (χ1v) is 8.64. The number of hydrogen-bond donors (Lipinski definition) is 1. The van der Waals surface area contributed by atoms with Crippen LogP contribution in [0.25, 0.3) is 0 Å². The van der Waals surface area contributed by atoms with Gasteiger partial charge in [-0.25, -0.2) is 0 Å². The van der Waals surface area contributed by atoms with E-state index in [1.807, 2.05) is 12.1 Å². The normalized spacial score (nSPS) is 19.0. The molecular weight excluding hydrogens is 328 g/mol. The summed E-state index contributed by atoms with van der Waals surface area (Å²) in [6, 6.07) is 8.49. The van der Waals surface area contributed by atoms with E-state index in [0.29, 0.717) is 6.54 Å². The second-order valence-corrected chi connectivity index (χ2v) is 6.82. The average Bonchev–Trinajstić information content (AvgIpc) is 2.99. The van der Waals surface area contributed by atoms with Crippen LogP contribution in [0.3, 0.4) is 0 Å². The molecule has 0 spiro atoms. The van der Waals surface area contributed by atoms with Gasteiger partial charge in [-0.05, 0) is 43.4 Å². The number of amides is 1. The van der Waals surface area contributed by atoms with Gasteiger partial charge in [0.05, 0.1) is 11.5 Å². The first-order valence-electron chi connectivity index (χ1n) is 7.84. The van der Waals surface area contributed by atoms with E-state index < -0.39 is 5.41 Å². The molecule has 116 valence electrons. The quantitative estimate of drug-likeness (QED) is 0.873. The predicted molar refractivity (Wildman–Crippen MR) is 89.9 cm³/mol. The molecule has 0 radical (unpaired) electrons. The summed E-state index contributed by atoms with van der Waals surface area (Å²) in [4.78, 5) is 15.1. The standard InChI is InChI=1S/C17H25BrN2O/c1-3-17(4-2,12-19)16(21)20-10-6-9-15(20)13-7-5-8-14(18)11-13/h5,7-8,11,15H,3-4,6,9-10,12,19H2,1-2H3. The lowest BCUT2D eigenvalue weighted by Gasteiger charge is -2.36. The van der Waals surface area contributed by atoms with Crippen LogP contribution in [0.4, 0.5) is 0 Å². The maximum absolute atomic E-state index is 13.1. The number of nitrogens with zero attached hydrogens (tertiary/aromatic N) is 1. The number of benzene rings is 1. The second-order valence-electron chi connectivity index (χ2n) is 5.90. The summed E-state index contributed by atoms with van der Waals surface area (Å²) in [7, 11) is 0. The highest BCUT2D eigenvalue weighted by molar-refractivity contribution is 9.10. The molecule has 0 aliphatic carbocycles. The second kappa shape index (κ2) is 6.93. The highest BCUT2D eigenvalue weighted by atomic mass is 79.9. The minimum atomic E-state index is -0.394. The fourth-order valence-corrected chi connectivity index (χ4v) is 3.72. The highest BCUT2D eigenvalue weighted by Gasteiger charge is 2.41. The van der Waals surface area contributed by atoms with Crippen LogP contribution in [0.1, 0.15) is 51.1 Å². The molecular formula is C17H25BrN2O. The molecule has 2 rings (SSSR count). The Hall–Kier alpha value is -0.870. The SMILES string of the molecule is CCC(CC)(CN)C(=O)N1CCCC1c1cccc(Br)c1. The topological polar surface area (TPSA) is 46.3 Å². The Bertz CT molecular complexity index is 491. The fourth-order valence-electron chi connectivity index (χ4n) is 3.30. The van der Waals surface area contributed by atoms with E-state index >= 15 is 0 Å². The number of nitrogens with two attached hydrogens (primary N) is 1. The minimum absolute atomic E-state index is 0.194. The van der Waals surface area contributed by atoms with Gasteiger partial charge in [0.15, 0.2) is 0 Å². The lowest BCUT2D eigenvalue weighted by atomic mass is 9.80. The van der Waals surface area contributed by atoms with Crippen molar-refractivity contribution in [3.63, 3.8) is 0 Å². The van der Waals surface area contributed by atoms with Crippen molar-refractivity contribution < 1.29 is 4.79 Å². The van der Waals surface area contributed by atoms with Gasteiger partial charge in [-0.15, -0.1) is 0 Å². The number of rotatable bonds is 5. The smallest absolute Gasteiger partial charge is 0.230 e. The summed E-state index contributed by atoms with van der Waals surface area (Å²) >= 11 is 3.52. The predicted octanol–water partition coefficient (Wildman–Crippen LogP) is 3.88. The van der Waals surface area contributed by atoms with Crippen molar-refractivity contribution in [1.82, 2.24) is 4.90 Å². The molecule has 0 saturated carbocycles. The van der Waals surface area contributed by atoms with Crippen molar-refractivity contribution in [2.75, 3.05) is 13.1 Å². The van der Waals surface area contributed by atoms with E-state index in [0.717, 1.165) is 36.7 Å². The number of carbonyl (C=O) groups is 1. The van der Waals surface area contributed by atoms with Crippen molar-refractivity contribution in [3.8, 4) is 0 Å². The van der Waals surface area contributed by atoms with Crippen molar-refractivity contribution in [2.45, 2.75) is 45.6 Å². The van der Waals surface area contributed by atoms with Crippen LogP contribution < -0.4 is 5.73 Å². The zero-order valence-corrected chi connectivity index (χ0v) is 14.5. The molecule has 1 atom stereocenters. The van der Waals surface area contributed by atoms with Gasteiger partial charge in [0.25, 0.3) is 0 Å². The lowest BCUT2D eigenvalue weighted by molar-refractivity contribution is -0.143. The van der Waals surface area contributed by atoms with E-state index in [1.165, 1.54) is 5.56 Å². The van der Waals surface area contributed by atoms with Gasteiger partial charge in [0.2, 0.25) is 5.91 Å². The van der Waals surface area contributed by atoms with Crippen LogP contribution in [-0.2, 0) is 4.79 Å². The van der Waals surface area contributed by atoms with Gasteiger partial charge in [-0.3, -0.25) is 4.79 Å². The van der Waals surface area contributed by atoms with Crippen LogP contribution in [-0.4, -0.2) is 23.9 Å². The molecule has 2 N–H and O–H groups in total. The number of hydrogen-bond acceptors (Lipinski definition) is 2. The molecule has 1 aliphatic rings. The Morgan fingerprint density at radius 3 is 2.71 bits per heavy atom. The Kier molecular flexibility index (Phi) is 5.44. The molecule has 3 nitrogen and oxygen atoms in total. The molecule has 1 fully saturated rings. The maximum Gasteiger partial charge on any atom is 0.230 e. The van der Waals surface area contributed by atoms with Crippen molar-refractivity contribution in [1.29, 1.82) is 0 Å². The van der Waals surface area contributed by atoms with Crippen LogP contribution in [0.15, 0.2) is 28.7 Å². The molecule has 1 aromatic rings. The summed E-state index contributed by atoms with van der Waals surface area (Å²) in [5.41, 5.74) is 6.77. The Morgan fingerprint density at radius 2 is 2.14 bits per heavy atom. The monoisotopic (exact) mass is 352 g/mol. The Labute approximate surface area is 136 Å². The fraction of sp³-hybridized carbons (Fsp3) is 0.588. The molecule has 1 amide bonds. The van der Waals surface area contributed by atoms with Gasteiger partial charge < -0.3 is 10.6 Å².